The Balaban J connectivity index is 0.909. The van der Waals surface area contributed by atoms with Crippen molar-refractivity contribution in [2.75, 3.05) is 67.6 Å². The van der Waals surface area contributed by atoms with Crippen molar-refractivity contribution in [3.8, 4) is 11.5 Å². The topological polar surface area (TPSA) is 74.4 Å². The number of carbonyl (C=O) groups excluding carboxylic acids is 2. The van der Waals surface area contributed by atoms with Crippen LogP contribution in [0.3, 0.4) is 0 Å². The molecule has 1 saturated heterocycles. The van der Waals surface area contributed by atoms with E-state index in [9.17, 15) is 9.59 Å². The minimum absolute atomic E-state index is 0.0485. The van der Waals surface area contributed by atoms with E-state index in [0.717, 1.165) is 105 Å². The molecule has 1 fully saturated rings. The summed E-state index contributed by atoms with van der Waals surface area (Å²) in [7, 11) is 0. The second-order valence-corrected chi connectivity index (χ2v) is 13.0. The fourth-order valence-electron chi connectivity index (χ4n) is 6.43. The number of unbranched alkanes of at least 4 members (excludes halogenated alkanes) is 2. The Morgan fingerprint density at radius 1 is 0.696 bits per heavy atom. The normalized spacial score (nSPS) is 16.6. The molecule has 8 nitrogen and oxygen atoms in total. The van der Waals surface area contributed by atoms with Crippen molar-refractivity contribution in [2.45, 2.75) is 51.4 Å². The number of ether oxygens (including phenoxy) is 2. The Kier molecular flexibility index (Phi) is 10.9. The van der Waals surface area contributed by atoms with Crippen LogP contribution >= 0.6 is 23.2 Å². The van der Waals surface area contributed by atoms with E-state index in [2.05, 4.69) is 21.2 Å². The fraction of sp³-hybridized carbons (Fsp3) is 0.444. The summed E-state index contributed by atoms with van der Waals surface area (Å²) in [5.41, 5.74) is 5.16. The minimum atomic E-state index is 0.0485. The standard InChI is InChI=1S/C36H42Cl2N4O4/c37-30-6-5-7-32(36(30)38)41-20-18-40(19-21-41)16-1-3-22-46-29-13-9-27-11-15-35(44)42(33(27)25-29)17-2-4-23-45-28-12-8-26-10-14-34(43)39-31(26)24-28/h5-9,12-13,24-25H,1-4,10-11,14-23H2,(H,39,43). The fourth-order valence-corrected chi connectivity index (χ4v) is 6.85. The molecule has 3 aromatic carbocycles. The van der Waals surface area contributed by atoms with Crippen molar-refractivity contribution >= 4 is 52.1 Å². The molecule has 0 atom stereocenters. The van der Waals surface area contributed by atoms with Gasteiger partial charge in [-0.1, -0.05) is 41.4 Å². The van der Waals surface area contributed by atoms with Gasteiger partial charge < -0.3 is 24.6 Å². The van der Waals surface area contributed by atoms with Gasteiger partial charge in [0.15, 0.2) is 0 Å². The number of benzene rings is 3. The smallest absolute Gasteiger partial charge is 0.227 e. The number of amides is 2. The van der Waals surface area contributed by atoms with E-state index in [0.29, 0.717) is 42.6 Å². The molecule has 0 saturated carbocycles. The SMILES string of the molecule is O=C1CCc2ccc(OCCCCN3C(=O)CCc4ccc(OCCCCN5CCN(c6cccc(Cl)c6Cl)CC5)cc43)cc2N1. The van der Waals surface area contributed by atoms with Gasteiger partial charge in [-0.05, 0) is 80.5 Å². The van der Waals surface area contributed by atoms with Gasteiger partial charge in [-0.3, -0.25) is 14.5 Å². The van der Waals surface area contributed by atoms with Crippen LogP contribution in [0.4, 0.5) is 17.1 Å². The van der Waals surface area contributed by atoms with Gasteiger partial charge in [0.1, 0.15) is 11.5 Å². The number of hydrogen-bond acceptors (Lipinski definition) is 6. The van der Waals surface area contributed by atoms with E-state index in [1.807, 2.05) is 53.4 Å². The molecule has 1 N–H and O–H groups in total. The average Bonchev–Trinajstić information content (AvgIpc) is 3.06. The van der Waals surface area contributed by atoms with E-state index in [1.54, 1.807) is 0 Å². The molecular formula is C36H42Cl2N4O4. The summed E-state index contributed by atoms with van der Waals surface area (Å²) < 4.78 is 12.1. The average molecular weight is 666 g/mol. The summed E-state index contributed by atoms with van der Waals surface area (Å²) in [5.74, 6) is 1.78. The van der Waals surface area contributed by atoms with Crippen molar-refractivity contribution in [3.63, 3.8) is 0 Å². The number of hydrogen-bond donors (Lipinski definition) is 1. The number of nitrogens with zero attached hydrogens (tertiary/aromatic N) is 3. The van der Waals surface area contributed by atoms with Gasteiger partial charge in [-0.25, -0.2) is 0 Å². The van der Waals surface area contributed by atoms with Gasteiger partial charge in [-0.2, -0.15) is 0 Å². The summed E-state index contributed by atoms with van der Waals surface area (Å²) in [6.07, 6.45) is 6.28. The zero-order valence-corrected chi connectivity index (χ0v) is 27.8. The predicted molar refractivity (Wildman–Crippen MR) is 185 cm³/mol. The lowest BCUT2D eigenvalue weighted by atomic mass is 10.0. The van der Waals surface area contributed by atoms with Gasteiger partial charge in [0.25, 0.3) is 0 Å². The summed E-state index contributed by atoms with van der Waals surface area (Å²) >= 11 is 12.6. The van der Waals surface area contributed by atoms with Gasteiger partial charge >= 0.3 is 0 Å². The Morgan fingerprint density at radius 2 is 1.39 bits per heavy atom. The van der Waals surface area contributed by atoms with Gasteiger partial charge in [0.05, 0.1) is 34.6 Å². The molecule has 0 bridgehead atoms. The van der Waals surface area contributed by atoms with E-state index < -0.39 is 0 Å². The molecule has 2 amide bonds. The number of aryl methyl sites for hydroxylation is 2. The molecule has 0 spiro atoms. The Hall–Kier alpha value is -3.46. The highest BCUT2D eigenvalue weighted by Gasteiger charge is 2.25. The first kappa shape index (κ1) is 32.5. The molecule has 6 rings (SSSR count). The van der Waals surface area contributed by atoms with Crippen LogP contribution < -0.4 is 24.6 Å². The summed E-state index contributed by atoms with van der Waals surface area (Å²) in [6, 6.07) is 17.9. The molecule has 0 radical (unpaired) electrons. The zero-order valence-electron chi connectivity index (χ0n) is 26.2. The van der Waals surface area contributed by atoms with Crippen molar-refractivity contribution in [2.24, 2.45) is 0 Å². The van der Waals surface area contributed by atoms with Crippen molar-refractivity contribution in [1.82, 2.24) is 4.90 Å². The van der Waals surface area contributed by atoms with Crippen molar-refractivity contribution in [3.05, 3.63) is 75.8 Å². The van der Waals surface area contributed by atoms with E-state index in [1.165, 1.54) is 5.56 Å². The molecule has 10 heteroatoms. The first-order valence-electron chi connectivity index (χ1n) is 16.5. The Bertz CT molecular complexity index is 1540. The molecule has 3 aliphatic rings. The van der Waals surface area contributed by atoms with Crippen LogP contribution in [0, 0.1) is 0 Å². The number of rotatable bonds is 13. The zero-order chi connectivity index (χ0) is 31.9. The van der Waals surface area contributed by atoms with Crippen LogP contribution in [0.1, 0.15) is 49.7 Å². The Morgan fingerprint density at radius 3 is 2.17 bits per heavy atom. The van der Waals surface area contributed by atoms with E-state index in [4.69, 9.17) is 32.7 Å². The highest BCUT2D eigenvalue weighted by molar-refractivity contribution is 6.43. The van der Waals surface area contributed by atoms with Crippen LogP contribution in [0.2, 0.25) is 10.0 Å². The van der Waals surface area contributed by atoms with Crippen molar-refractivity contribution in [1.29, 1.82) is 0 Å². The maximum Gasteiger partial charge on any atom is 0.227 e. The molecule has 3 aliphatic heterocycles. The lowest BCUT2D eigenvalue weighted by Crippen LogP contribution is -2.46. The van der Waals surface area contributed by atoms with Gasteiger partial charge in [-0.15, -0.1) is 0 Å². The first-order chi connectivity index (χ1) is 22.4. The van der Waals surface area contributed by atoms with Crippen LogP contribution in [0.15, 0.2) is 54.6 Å². The third-order valence-electron chi connectivity index (χ3n) is 9.06. The first-order valence-corrected chi connectivity index (χ1v) is 17.2. The van der Waals surface area contributed by atoms with Gasteiger partial charge in [0, 0.05) is 63.4 Å². The summed E-state index contributed by atoms with van der Waals surface area (Å²) in [5, 5.41) is 4.15. The number of anilines is 3. The molecule has 3 aromatic rings. The lowest BCUT2D eigenvalue weighted by Gasteiger charge is -2.36. The number of fused-ring (bicyclic) bond motifs is 2. The number of piperazine rings is 1. The third kappa shape index (κ3) is 8.08. The monoisotopic (exact) mass is 664 g/mol. The Labute approximate surface area is 281 Å². The molecule has 0 aromatic heterocycles. The third-order valence-corrected chi connectivity index (χ3v) is 9.87. The largest absolute Gasteiger partial charge is 0.494 e. The van der Waals surface area contributed by atoms with Crippen LogP contribution in [-0.2, 0) is 22.4 Å². The van der Waals surface area contributed by atoms with Crippen LogP contribution in [0.25, 0.3) is 0 Å². The maximum atomic E-state index is 12.9. The molecular weight excluding hydrogens is 623 g/mol. The summed E-state index contributed by atoms with van der Waals surface area (Å²) in [4.78, 5) is 31.3. The predicted octanol–water partition coefficient (Wildman–Crippen LogP) is 7.00. The molecule has 0 aliphatic carbocycles. The lowest BCUT2D eigenvalue weighted by molar-refractivity contribution is -0.119. The van der Waals surface area contributed by atoms with Crippen molar-refractivity contribution < 1.29 is 19.1 Å². The molecule has 46 heavy (non-hydrogen) atoms. The number of carbonyl (C=O) groups is 2. The number of nitrogens with one attached hydrogen (secondary N) is 1. The van der Waals surface area contributed by atoms with E-state index >= 15 is 0 Å². The molecule has 3 heterocycles. The quantitative estimate of drug-likeness (QED) is 0.198. The minimum Gasteiger partial charge on any atom is -0.494 e. The van der Waals surface area contributed by atoms with E-state index in [-0.39, 0.29) is 11.8 Å². The second-order valence-electron chi connectivity index (χ2n) is 12.2. The maximum absolute atomic E-state index is 12.9. The summed E-state index contributed by atoms with van der Waals surface area (Å²) in [6.45, 7) is 6.75. The molecule has 0 unspecified atom stereocenters. The van der Waals surface area contributed by atoms with Crippen LogP contribution in [-0.4, -0.2) is 69.2 Å². The molecule has 244 valence electrons. The van der Waals surface area contributed by atoms with Crippen LogP contribution in [0.5, 0.6) is 11.5 Å². The highest BCUT2D eigenvalue weighted by atomic mass is 35.5. The highest BCUT2D eigenvalue weighted by Crippen LogP contribution is 2.34. The second kappa shape index (κ2) is 15.4. The number of halogens is 2. The van der Waals surface area contributed by atoms with Gasteiger partial charge in [0.2, 0.25) is 11.8 Å².